The van der Waals surface area contributed by atoms with Gasteiger partial charge in [0.05, 0.1) is 19.6 Å². The summed E-state index contributed by atoms with van der Waals surface area (Å²) in [6.45, 7) is 4.93. The number of fused-ring (bicyclic) bond motifs is 2. The Morgan fingerprint density at radius 3 is 2.48 bits per heavy atom. The second-order valence-corrected chi connectivity index (χ2v) is 7.97. The van der Waals surface area contributed by atoms with Gasteiger partial charge in [0, 0.05) is 30.2 Å². The zero-order valence-electron chi connectivity index (χ0n) is 17.1. The molecule has 2 aromatic carbocycles. The van der Waals surface area contributed by atoms with Crippen molar-refractivity contribution in [3.63, 3.8) is 0 Å². The van der Waals surface area contributed by atoms with Crippen LogP contribution in [0.25, 0.3) is 10.9 Å². The molecule has 1 N–H and O–H groups in total. The van der Waals surface area contributed by atoms with E-state index in [1.54, 1.807) is 20.3 Å². The van der Waals surface area contributed by atoms with E-state index in [4.69, 9.17) is 9.47 Å². The van der Waals surface area contributed by atoms with Crippen molar-refractivity contribution in [2.24, 2.45) is 0 Å². The van der Waals surface area contributed by atoms with Crippen LogP contribution in [0.1, 0.15) is 30.5 Å². The minimum atomic E-state index is -0.792. The van der Waals surface area contributed by atoms with Gasteiger partial charge in [-0.2, -0.15) is 0 Å². The average molecular weight is 396 g/mol. The van der Waals surface area contributed by atoms with Crippen molar-refractivity contribution in [1.82, 2.24) is 9.88 Å². The molecular formula is C23H25FN2O3. The van der Waals surface area contributed by atoms with Gasteiger partial charge in [0.25, 0.3) is 0 Å². The maximum Gasteiger partial charge on any atom is 0.233 e. The van der Waals surface area contributed by atoms with E-state index in [0.29, 0.717) is 24.6 Å². The minimum absolute atomic E-state index is 0.0168. The first-order valence-electron chi connectivity index (χ1n) is 9.65. The molecule has 5 nitrogen and oxygen atoms in total. The van der Waals surface area contributed by atoms with Gasteiger partial charge in [0.15, 0.2) is 11.5 Å². The van der Waals surface area contributed by atoms with Crippen molar-refractivity contribution >= 4 is 16.8 Å². The molecule has 1 aliphatic heterocycles. The van der Waals surface area contributed by atoms with Crippen LogP contribution in [0.3, 0.4) is 0 Å². The number of aromatic nitrogens is 1. The predicted octanol–water partition coefficient (Wildman–Crippen LogP) is 4.19. The second-order valence-electron chi connectivity index (χ2n) is 7.97. The van der Waals surface area contributed by atoms with Crippen LogP contribution in [0.15, 0.2) is 36.5 Å². The van der Waals surface area contributed by atoms with Gasteiger partial charge in [0.2, 0.25) is 5.91 Å². The van der Waals surface area contributed by atoms with E-state index in [1.807, 2.05) is 37.1 Å². The Kier molecular flexibility index (Phi) is 4.73. The highest BCUT2D eigenvalue weighted by molar-refractivity contribution is 5.94. The molecule has 0 atom stereocenters. The van der Waals surface area contributed by atoms with E-state index in [9.17, 15) is 9.18 Å². The van der Waals surface area contributed by atoms with Gasteiger partial charge >= 0.3 is 0 Å². The molecule has 0 saturated heterocycles. The molecule has 6 heteroatoms. The zero-order chi connectivity index (χ0) is 20.8. The maximum atomic E-state index is 13.8. The highest BCUT2D eigenvalue weighted by Crippen LogP contribution is 2.36. The Bertz CT molecular complexity index is 1090. The number of nitrogens with zero attached hydrogens (tertiary/aromatic N) is 1. The molecule has 0 radical (unpaired) electrons. The van der Waals surface area contributed by atoms with Crippen LogP contribution < -0.4 is 9.47 Å². The number of carbonyl (C=O) groups excluding carboxylic acids is 1. The molecule has 152 valence electrons. The Balaban J connectivity index is 1.65. The summed E-state index contributed by atoms with van der Waals surface area (Å²) in [5.41, 5.74) is 3.06. The number of nitrogens with one attached hydrogen (secondary N) is 1. The van der Waals surface area contributed by atoms with Crippen LogP contribution in [0.2, 0.25) is 0 Å². The third kappa shape index (κ3) is 3.22. The number of hydrogen-bond acceptors (Lipinski definition) is 3. The Labute approximate surface area is 169 Å². The molecule has 0 aliphatic carbocycles. The summed E-state index contributed by atoms with van der Waals surface area (Å²) >= 11 is 0. The first kappa shape index (κ1) is 19.3. The molecule has 0 unspecified atom stereocenters. The molecule has 1 aromatic heterocycles. The number of methoxy groups -OCH3 is 2. The number of hydrogen-bond donors (Lipinski definition) is 1. The fourth-order valence-corrected chi connectivity index (χ4v) is 4.18. The number of aromatic amines is 1. The monoisotopic (exact) mass is 396 g/mol. The molecule has 0 spiro atoms. The quantitative estimate of drug-likeness (QED) is 0.720. The molecular weight excluding hydrogens is 371 g/mol. The molecule has 2 heterocycles. The molecule has 4 rings (SSSR count). The highest BCUT2D eigenvalue weighted by atomic mass is 19.1. The van der Waals surface area contributed by atoms with Crippen LogP contribution in [-0.2, 0) is 23.2 Å². The predicted molar refractivity (Wildman–Crippen MR) is 110 cm³/mol. The third-order valence-corrected chi connectivity index (χ3v) is 5.86. The lowest BCUT2D eigenvalue weighted by atomic mass is 9.82. The minimum Gasteiger partial charge on any atom is -0.493 e. The van der Waals surface area contributed by atoms with Gasteiger partial charge in [-0.3, -0.25) is 4.79 Å². The molecule has 0 saturated carbocycles. The SMILES string of the molecule is COc1cc2c(cc1OC)CN(C(=O)C(C)(C)c1c[nH]c3ccc(F)cc13)CC2. The number of ether oxygens (including phenoxy) is 2. The standard InChI is InChI=1S/C23H25FN2O3/c1-23(2,18-12-25-19-6-5-16(24)11-17(18)19)22(27)26-8-7-14-9-20(28-3)21(29-4)10-15(14)13-26/h5-6,9-12,25H,7-8,13H2,1-4H3. The summed E-state index contributed by atoms with van der Waals surface area (Å²) in [5, 5.41) is 0.743. The summed E-state index contributed by atoms with van der Waals surface area (Å²) in [5.74, 6) is 1.07. The second kappa shape index (κ2) is 7.10. The van der Waals surface area contributed by atoms with Crippen LogP contribution in [0.5, 0.6) is 11.5 Å². The lowest BCUT2D eigenvalue weighted by Crippen LogP contribution is -2.45. The summed E-state index contributed by atoms with van der Waals surface area (Å²) in [7, 11) is 3.23. The highest BCUT2D eigenvalue weighted by Gasteiger charge is 2.37. The summed E-state index contributed by atoms with van der Waals surface area (Å²) < 4.78 is 24.6. The van der Waals surface area contributed by atoms with E-state index >= 15 is 0 Å². The summed E-state index contributed by atoms with van der Waals surface area (Å²) in [6, 6.07) is 8.54. The fraction of sp³-hybridized carbons (Fsp3) is 0.348. The van der Waals surface area contributed by atoms with Gasteiger partial charge in [-0.1, -0.05) is 0 Å². The van der Waals surface area contributed by atoms with Gasteiger partial charge in [0.1, 0.15) is 5.82 Å². The molecule has 0 bridgehead atoms. The number of H-pyrrole nitrogens is 1. The van der Waals surface area contributed by atoms with E-state index in [2.05, 4.69) is 4.98 Å². The Hall–Kier alpha value is -3.02. The van der Waals surface area contributed by atoms with Crippen molar-refractivity contribution in [3.8, 4) is 11.5 Å². The van der Waals surface area contributed by atoms with Crippen molar-refractivity contribution in [3.05, 3.63) is 59.0 Å². The topological polar surface area (TPSA) is 54.6 Å². The maximum absolute atomic E-state index is 13.8. The van der Waals surface area contributed by atoms with Crippen molar-refractivity contribution in [2.75, 3.05) is 20.8 Å². The van der Waals surface area contributed by atoms with Crippen molar-refractivity contribution < 1.29 is 18.7 Å². The first-order valence-corrected chi connectivity index (χ1v) is 9.65. The molecule has 1 amide bonds. The van der Waals surface area contributed by atoms with Crippen molar-refractivity contribution in [1.29, 1.82) is 0 Å². The van der Waals surface area contributed by atoms with E-state index in [0.717, 1.165) is 28.5 Å². The van der Waals surface area contributed by atoms with Gasteiger partial charge in [-0.05, 0) is 67.3 Å². The molecule has 1 aliphatic rings. The number of halogens is 1. The average Bonchev–Trinajstić information content (AvgIpc) is 3.15. The Morgan fingerprint density at radius 1 is 1.10 bits per heavy atom. The molecule has 0 fully saturated rings. The van der Waals surface area contributed by atoms with E-state index in [-0.39, 0.29) is 11.7 Å². The number of amides is 1. The van der Waals surface area contributed by atoms with E-state index in [1.165, 1.54) is 17.7 Å². The number of rotatable bonds is 4. The molecule has 29 heavy (non-hydrogen) atoms. The zero-order valence-corrected chi connectivity index (χ0v) is 17.1. The van der Waals surface area contributed by atoms with Crippen molar-refractivity contribution in [2.45, 2.75) is 32.2 Å². The van der Waals surface area contributed by atoms with Gasteiger partial charge < -0.3 is 19.4 Å². The lowest BCUT2D eigenvalue weighted by molar-refractivity contribution is -0.137. The number of carbonyl (C=O) groups is 1. The van der Waals surface area contributed by atoms with Crippen LogP contribution in [0.4, 0.5) is 4.39 Å². The van der Waals surface area contributed by atoms with Crippen LogP contribution in [-0.4, -0.2) is 36.6 Å². The van der Waals surface area contributed by atoms with Gasteiger partial charge in [-0.15, -0.1) is 0 Å². The summed E-state index contributed by atoms with van der Waals surface area (Å²) in [4.78, 5) is 18.5. The first-order chi connectivity index (χ1) is 13.8. The largest absolute Gasteiger partial charge is 0.493 e. The molecule has 3 aromatic rings. The third-order valence-electron chi connectivity index (χ3n) is 5.86. The van der Waals surface area contributed by atoms with Crippen LogP contribution >= 0.6 is 0 Å². The normalized spacial score (nSPS) is 14.0. The van der Waals surface area contributed by atoms with Gasteiger partial charge in [-0.25, -0.2) is 4.39 Å². The fourth-order valence-electron chi connectivity index (χ4n) is 4.18. The van der Waals surface area contributed by atoms with E-state index < -0.39 is 5.41 Å². The number of benzene rings is 2. The Morgan fingerprint density at radius 2 is 1.79 bits per heavy atom. The summed E-state index contributed by atoms with van der Waals surface area (Å²) in [6.07, 6.45) is 2.56. The smallest absolute Gasteiger partial charge is 0.233 e. The van der Waals surface area contributed by atoms with Crippen LogP contribution in [0, 0.1) is 5.82 Å². The lowest BCUT2D eigenvalue weighted by Gasteiger charge is -2.35.